The fourth-order valence-corrected chi connectivity index (χ4v) is 6.97. The summed E-state index contributed by atoms with van der Waals surface area (Å²) in [6, 6.07) is 19.2. The quantitative estimate of drug-likeness (QED) is 0.105. The zero-order valence-corrected chi connectivity index (χ0v) is 32.1. The number of rotatable bonds is 13. The summed E-state index contributed by atoms with van der Waals surface area (Å²) in [5.74, 6) is -1.69. The highest BCUT2D eigenvalue weighted by Crippen LogP contribution is 2.34. The van der Waals surface area contributed by atoms with Crippen LogP contribution in [0.2, 0.25) is 0 Å². The number of carboxylic acids is 1. The van der Waals surface area contributed by atoms with E-state index in [0.717, 1.165) is 55.7 Å². The van der Waals surface area contributed by atoms with Gasteiger partial charge in [-0.3, -0.25) is 14.6 Å². The number of ether oxygens (including phenoxy) is 1. The lowest BCUT2D eigenvalue weighted by Gasteiger charge is -2.29. The second kappa shape index (κ2) is 18.4. The van der Waals surface area contributed by atoms with E-state index in [4.69, 9.17) is 4.74 Å². The van der Waals surface area contributed by atoms with Crippen LogP contribution < -0.4 is 20.9 Å². The maximum atomic E-state index is 13.7. The first kappa shape index (κ1) is 41.6. The molecule has 1 unspecified atom stereocenters. The number of carbonyl (C=O) groups is 4. The average Bonchev–Trinajstić information content (AvgIpc) is 3.16. The van der Waals surface area contributed by atoms with E-state index in [1.54, 1.807) is 51.1 Å². The molecule has 1 fully saturated rings. The molecule has 4 N–H and O–H groups in total. The van der Waals surface area contributed by atoms with Crippen LogP contribution in [0.3, 0.4) is 0 Å². The van der Waals surface area contributed by atoms with Gasteiger partial charge in [-0.1, -0.05) is 24.3 Å². The molecular formula is C41H44F3N5O6S. The summed E-state index contributed by atoms with van der Waals surface area (Å²) in [6.45, 7) is 6.66. The molecule has 0 saturated carbocycles. The largest absolute Gasteiger partial charge is 0.480 e. The van der Waals surface area contributed by atoms with E-state index in [9.17, 15) is 37.5 Å². The summed E-state index contributed by atoms with van der Waals surface area (Å²) in [5, 5.41) is 17.7. The topological polar surface area (TPSA) is 150 Å². The third-order valence-corrected chi connectivity index (χ3v) is 9.82. The van der Waals surface area contributed by atoms with E-state index in [-0.39, 0.29) is 17.9 Å². The van der Waals surface area contributed by atoms with Gasteiger partial charge in [0.1, 0.15) is 11.6 Å². The number of aliphatic carboxylic acids is 1. The number of pyridine rings is 1. The first-order valence-corrected chi connectivity index (χ1v) is 19.2. The Labute approximate surface area is 327 Å². The van der Waals surface area contributed by atoms with Crippen LogP contribution in [-0.4, -0.2) is 64.5 Å². The molecule has 5 rings (SSSR count). The van der Waals surface area contributed by atoms with Crippen molar-refractivity contribution < 1.29 is 42.2 Å². The summed E-state index contributed by atoms with van der Waals surface area (Å²) in [5.41, 5.74) is 2.41. The molecule has 4 aromatic rings. The number of anilines is 2. The Morgan fingerprint density at radius 2 is 1.59 bits per heavy atom. The molecule has 15 heteroatoms. The molecule has 296 valence electrons. The molecule has 56 heavy (non-hydrogen) atoms. The zero-order valence-electron chi connectivity index (χ0n) is 31.2. The van der Waals surface area contributed by atoms with Crippen molar-refractivity contribution in [3.05, 3.63) is 113 Å². The number of halogens is 3. The standard InChI is InChI=1S/C41H44F3N5O6S/c1-40(2,3)55-39(54)48-35(38(52)53)25-56-24-27-10-7-11-28(19-27)37(51)47-33-14-13-31(49-17-5-4-6-18-49)22-32(33)34-21-29(15-16-45-34)36(50)46-23-26-9-8-12-30(20-26)41(42,43)44/h7-16,19-22,35H,4-6,17-18,23-25H2,1-3H3,(H,46,50)(H,47,51)(H,48,54)(H,52,53). The number of hydrogen-bond acceptors (Lipinski definition) is 8. The van der Waals surface area contributed by atoms with Gasteiger partial charge < -0.3 is 30.7 Å². The highest BCUT2D eigenvalue weighted by molar-refractivity contribution is 7.98. The summed E-state index contributed by atoms with van der Waals surface area (Å²) in [7, 11) is 0. The number of carboxylic acid groups (broad SMARTS) is 1. The van der Waals surface area contributed by atoms with Crippen molar-refractivity contribution in [1.82, 2.24) is 15.6 Å². The lowest BCUT2D eigenvalue weighted by molar-refractivity contribution is -0.139. The Balaban J connectivity index is 1.31. The van der Waals surface area contributed by atoms with Crippen molar-refractivity contribution in [2.45, 2.75) is 70.2 Å². The normalized spacial score (nSPS) is 13.7. The minimum absolute atomic E-state index is 0.0626. The number of piperidine rings is 1. The van der Waals surface area contributed by atoms with E-state index >= 15 is 0 Å². The molecule has 1 saturated heterocycles. The summed E-state index contributed by atoms with van der Waals surface area (Å²) in [4.78, 5) is 57.6. The first-order valence-electron chi connectivity index (χ1n) is 18.1. The van der Waals surface area contributed by atoms with E-state index in [1.165, 1.54) is 36.2 Å². The van der Waals surface area contributed by atoms with Gasteiger partial charge in [-0.25, -0.2) is 9.59 Å². The smallest absolute Gasteiger partial charge is 0.416 e. The van der Waals surface area contributed by atoms with Gasteiger partial charge in [0.15, 0.2) is 0 Å². The van der Waals surface area contributed by atoms with E-state index in [2.05, 4.69) is 25.8 Å². The van der Waals surface area contributed by atoms with Gasteiger partial charge in [0.05, 0.1) is 16.9 Å². The third kappa shape index (κ3) is 12.0. The summed E-state index contributed by atoms with van der Waals surface area (Å²) in [6.07, 6.45) is -0.649. The Bertz CT molecular complexity index is 2050. The summed E-state index contributed by atoms with van der Waals surface area (Å²) >= 11 is 1.28. The molecule has 0 radical (unpaired) electrons. The Morgan fingerprint density at radius 3 is 2.30 bits per heavy atom. The van der Waals surface area contributed by atoms with Crippen LogP contribution >= 0.6 is 11.8 Å². The lowest BCUT2D eigenvalue weighted by Crippen LogP contribution is -2.44. The molecule has 1 aromatic heterocycles. The molecule has 0 spiro atoms. The Kier molecular flexibility index (Phi) is 13.6. The second-order valence-electron chi connectivity index (χ2n) is 14.3. The van der Waals surface area contributed by atoms with Gasteiger partial charge in [0.25, 0.3) is 11.8 Å². The van der Waals surface area contributed by atoms with Crippen molar-refractivity contribution >= 4 is 47.0 Å². The maximum absolute atomic E-state index is 13.7. The number of benzene rings is 3. The fraction of sp³-hybridized carbons (Fsp3) is 0.341. The molecule has 1 aliphatic heterocycles. The Morgan fingerprint density at radius 1 is 0.875 bits per heavy atom. The van der Waals surface area contributed by atoms with Crippen LogP contribution in [0.15, 0.2) is 85.1 Å². The van der Waals surface area contributed by atoms with Crippen molar-refractivity contribution in [3.63, 3.8) is 0 Å². The third-order valence-electron chi connectivity index (χ3n) is 8.71. The van der Waals surface area contributed by atoms with Crippen LogP contribution in [0.4, 0.5) is 29.3 Å². The Hall–Kier alpha value is -5.57. The van der Waals surface area contributed by atoms with Gasteiger partial charge >= 0.3 is 18.2 Å². The van der Waals surface area contributed by atoms with Gasteiger partial charge in [0, 0.05) is 59.7 Å². The second-order valence-corrected chi connectivity index (χ2v) is 15.3. The monoisotopic (exact) mass is 791 g/mol. The lowest BCUT2D eigenvalue weighted by atomic mass is 10.0. The zero-order chi connectivity index (χ0) is 40.5. The van der Waals surface area contributed by atoms with Crippen molar-refractivity contribution in [2.24, 2.45) is 0 Å². The highest BCUT2D eigenvalue weighted by Gasteiger charge is 2.30. The number of nitrogens with zero attached hydrogens (tertiary/aromatic N) is 2. The van der Waals surface area contributed by atoms with E-state index < -0.39 is 47.3 Å². The number of amides is 3. The van der Waals surface area contributed by atoms with Crippen molar-refractivity contribution in [1.29, 1.82) is 0 Å². The van der Waals surface area contributed by atoms with Crippen LogP contribution in [0.5, 0.6) is 0 Å². The number of alkyl carbamates (subject to hydrolysis) is 1. The SMILES string of the molecule is CC(C)(C)OC(=O)NC(CSCc1cccc(C(=O)Nc2ccc(N3CCCCC3)cc2-c2cc(C(=O)NCc3cccc(C(F)(F)F)c3)ccn2)c1)C(=O)O. The molecule has 3 aromatic carbocycles. The molecule has 1 atom stereocenters. The van der Waals surface area contributed by atoms with Crippen LogP contribution in [0, 0.1) is 0 Å². The van der Waals surface area contributed by atoms with E-state index in [0.29, 0.717) is 33.8 Å². The van der Waals surface area contributed by atoms with Crippen LogP contribution in [0.25, 0.3) is 11.3 Å². The fourth-order valence-electron chi connectivity index (χ4n) is 5.98. The van der Waals surface area contributed by atoms with Crippen LogP contribution in [-0.2, 0) is 28.0 Å². The molecule has 0 bridgehead atoms. The summed E-state index contributed by atoms with van der Waals surface area (Å²) < 4.78 is 44.8. The number of hydrogen-bond donors (Lipinski definition) is 4. The number of nitrogens with one attached hydrogen (secondary N) is 3. The average molecular weight is 792 g/mol. The molecule has 11 nitrogen and oxygen atoms in total. The van der Waals surface area contributed by atoms with Crippen molar-refractivity contribution in [3.8, 4) is 11.3 Å². The molecular weight excluding hydrogens is 748 g/mol. The number of aromatic nitrogens is 1. The van der Waals surface area contributed by atoms with E-state index in [1.807, 2.05) is 18.2 Å². The first-order chi connectivity index (χ1) is 26.6. The van der Waals surface area contributed by atoms with Gasteiger partial charge in [-0.2, -0.15) is 24.9 Å². The van der Waals surface area contributed by atoms with Gasteiger partial charge in [0.2, 0.25) is 0 Å². The number of carbonyl (C=O) groups excluding carboxylic acids is 3. The maximum Gasteiger partial charge on any atom is 0.416 e. The van der Waals surface area contributed by atoms with Crippen LogP contribution in [0.1, 0.15) is 77.4 Å². The predicted molar refractivity (Wildman–Crippen MR) is 210 cm³/mol. The highest BCUT2D eigenvalue weighted by atomic mass is 32.2. The minimum atomic E-state index is -4.51. The van der Waals surface area contributed by atoms with Gasteiger partial charge in [-0.15, -0.1) is 0 Å². The minimum Gasteiger partial charge on any atom is -0.480 e. The molecule has 0 aliphatic carbocycles. The molecule has 1 aliphatic rings. The number of thioether (sulfide) groups is 1. The predicted octanol–water partition coefficient (Wildman–Crippen LogP) is 8.15. The van der Waals surface area contributed by atoms with Gasteiger partial charge in [-0.05, 0) is 106 Å². The molecule has 3 amide bonds. The molecule has 2 heterocycles. The van der Waals surface area contributed by atoms with Crippen molar-refractivity contribution in [2.75, 3.05) is 29.1 Å². The number of alkyl halides is 3.